The van der Waals surface area contributed by atoms with Gasteiger partial charge in [0.05, 0.1) is 11.4 Å². The van der Waals surface area contributed by atoms with Crippen molar-refractivity contribution in [1.29, 1.82) is 0 Å². The highest BCUT2D eigenvalue weighted by molar-refractivity contribution is 7.89. The maximum atomic E-state index is 13.6. The van der Waals surface area contributed by atoms with Gasteiger partial charge in [-0.2, -0.15) is 17.5 Å². The van der Waals surface area contributed by atoms with Crippen LogP contribution in [0, 0.1) is 20.8 Å². The predicted octanol–water partition coefficient (Wildman–Crippen LogP) is 2.61. The Kier molecular flexibility index (Phi) is 9.49. The zero-order chi connectivity index (χ0) is 25.7. The van der Waals surface area contributed by atoms with Crippen LogP contribution in [0.15, 0.2) is 17.0 Å². The van der Waals surface area contributed by atoms with Gasteiger partial charge in [-0.05, 0) is 44.7 Å². The van der Waals surface area contributed by atoms with Crippen LogP contribution >= 0.6 is 0 Å². The lowest BCUT2D eigenvalue weighted by Crippen LogP contribution is -2.52. The lowest BCUT2D eigenvalue weighted by Gasteiger charge is -2.33. The van der Waals surface area contributed by atoms with Crippen molar-refractivity contribution < 1.29 is 36.3 Å². The molecule has 2 aliphatic rings. The van der Waals surface area contributed by atoms with Crippen molar-refractivity contribution in [3.05, 3.63) is 28.8 Å². The molecule has 0 radical (unpaired) electrons. The van der Waals surface area contributed by atoms with Crippen LogP contribution in [0.2, 0.25) is 0 Å². The van der Waals surface area contributed by atoms with Crippen LogP contribution in [0.25, 0.3) is 0 Å². The fourth-order valence-electron chi connectivity index (χ4n) is 4.44. The summed E-state index contributed by atoms with van der Waals surface area (Å²) < 4.78 is 60.5. The average Bonchev–Trinajstić information content (AvgIpc) is 3.25. The Morgan fingerprint density at radius 2 is 1.56 bits per heavy atom. The van der Waals surface area contributed by atoms with Gasteiger partial charge in [0.2, 0.25) is 15.9 Å². The second-order valence-corrected chi connectivity index (χ2v) is 10.5. The molecule has 1 saturated carbocycles. The first-order chi connectivity index (χ1) is 15.7. The molecule has 1 aliphatic heterocycles. The first kappa shape index (κ1) is 28.1. The van der Waals surface area contributed by atoms with Crippen molar-refractivity contribution in [2.45, 2.75) is 63.6 Å². The number of benzene rings is 1. The van der Waals surface area contributed by atoms with Crippen LogP contribution < -0.4 is 5.32 Å². The molecule has 0 bridgehead atoms. The Morgan fingerprint density at radius 3 is 2.00 bits per heavy atom. The molecule has 8 nitrogen and oxygen atoms in total. The summed E-state index contributed by atoms with van der Waals surface area (Å²) in [6.45, 7) is 8.41. The Balaban J connectivity index is 0.000000509. The van der Waals surface area contributed by atoms with Gasteiger partial charge in [0.25, 0.3) is 0 Å². The number of halogens is 3. The number of aryl methyl sites for hydroxylation is 3. The SMILES string of the molecule is Cc1cc(C)c(S(=O)(=O)N(CC(=O)N2CCNCC2)C2CCCC2)c(C)c1.O=C(O)C(F)(F)F. The van der Waals surface area contributed by atoms with Crippen molar-refractivity contribution >= 4 is 21.9 Å². The van der Waals surface area contributed by atoms with Gasteiger partial charge in [0.15, 0.2) is 0 Å². The Labute approximate surface area is 198 Å². The molecular weight excluding hydrogens is 475 g/mol. The van der Waals surface area contributed by atoms with Crippen LogP contribution in [0.1, 0.15) is 42.4 Å². The summed E-state index contributed by atoms with van der Waals surface area (Å²) in [7, 11) is -3.73. The first-order valence-electron chi connectivity index (χ1n) is 11.1. The average molecular weight is 508 g/mol. The highest BCUT2D eigenvalue weighted by Crippen LogP contribution is 2.32. The number of carboxylic acids is 1. The summed E-state index contributed by atoms with van der Waals surface area (Å²) in [4.78, 5) is 23.9. The number of hydrogen-bond acceptors (Lipinski definition) is 5. The first-order valence-corrected chi connectivity index (χ1v) is 12.6. The number of nitrogens with zero attached hydrogens (tertiary/aromatic N) is 2. The van der Waals surface area contributed by atoms with Crippen LogP contribution in [-0.2, 0) is 19.6 Å². The summed E-state index contributed by atoms with van der Waals surface area (Å²) >= 11 is 0. The third-order valence-corrected chi connectivity index (χ3v) is 8.11. The number of carbonyl (C=O) groups is 2. The van der Waals surface area contributed by atoms with E-state index in [2.05, 4.69) is 5.32 Å². The largest absolute Gasteiger partial charge is 0.490 e. The molecule has 1 heterocycles. The molecule has 12 heteroatoms. The second kappa shape index (κ2) is 11.5. The number of aliphatic carboxylic acids is 1. The van der Waals surface area contributed by atoms with Gasteiger partial charge >= 0.3 is 12.1 Å². The number of hydrogen-bond donors (Lipinski definition) is 2. The van der Waals surface area contributed by atoms with Gasteiger partial charge in [-0.15, -0.1) is 0 Å². The minimum atomic E-state index is -5.08. The van der Waals surface area contributed by atoms with E-state index in [0.29, 0.717) is 18.0 Å². The van der Waals surface area contributed by atoms with Gasteiger partial charge in [-0.3, -0.25) is 4.79 Å². The number of alkyl halides is 3. The number of amides is 1. The van der Waals surface area contributed by atoms with Crippen molar-refractivity contribution in [3.8, 4) is 0 Å². The van der Waals surface area contributed by atoms with Crippen molar-refractivity contribution in [1.82, 2.24) is 14.5 Å². The number of sulfonamides is 1. The standard InChI is InChI=1S/C20H31N3O3S.C2HF3O2/c1-15-12-16(2)20(17(3)13-15)27(25,26)23(18-6-4-5-7-18)14-19(24)22-10-8-21-9-11-22;3-2(4,5)1(6)7/h12-13,18,21H,4-11,14H2,1-3H3;(H,6,7). The minimum Gasteiger partial charge on any atom is -0.475 e. The van der Waals surface area contributed by atoms with Crippen LogP contribution in [-0.4, -0.2) is 79.5 Å². The van der Waals surface area contributed by atoms with Crippen molar-refractivity contribution in [2.24, 2.45) is 0 Å². The molecule has 3 rings (SSSR count). The molecule has 0 spiro atoms. The maximum absolute atomic E-state index is 13.6. The zero-order valence-electron chi connectivity index (χ0n) is 19.6. The summed E-state index contributed by atoms with van der Waals surface area (Å²) in [6.07, 6.45) is -1.38. The Bertz CT molecular complexity index is 963. The summed E-state index contributed by atoms with van der Waals surface area (Å²) in [6, 6.07) is 3.73. The molecule has 1 saturated heterocycles. The quantitative estimate of drug-likeness (QED) is 0.635. The van der Waals surface area contributed by atoms with E-state index in [9.17, 15) is 26.4 Å². The molecule has 0 unspecified atom stereocenters. The number of carbonyl (C=O) groups excluding carboxylic acids is 1. The molecule has 2 fully saturated rings. The summed E-state index contributed by atoms with van der Waals surface area (Å²) in [5.41, 5.74) is 2.56. The lowest BCUT2D eigenvalue weighted by atomic mass is 10.1. The van der Waals surface area contributed by atoms with Gasteiger partial charge in [-0.25, -0.2) is 13.2 Å². The molecule has 192 valence electrons. The van der Waals surface area contributed by atoms with Gasteiger partial charge in [0, 0.05) is 32.2 Å². The molecule has 34 heavy (non-hydrogen) atoms. The molecule has 0 atom stereocenters. The summed E-state index contributed by atoms with van der Waals surface area (Å²) in [5.74, 6) is -2.85. The van der Waals surface area contributed by atoms with Crippen molar-refractivity contribution in [2.75, 3.05) is 32.7 Å². The van der Waals surface area contributed by atoms with E-state index in [4.69, 9.17) is 9.90 Å². The fourth-order valence-corrected chi connectivity index (χ4v) is 6.49. The molecule has 1 aromatic carbocycles. The van der Waals surface area contributed by atoms with Gasteiger partial charge < -0.3 is 15.3 Å². The van der Waals surface area contributed by atoms with E-state index in [-0.39, 0.29) is 18.5 Å². The van der Waals surface area contributed by atoms with Gasteiger partial charge in [0.1, 0.15) is 0 Å². The van der Waals surface area contributed by atoms with E-state index in [0.717, 1.165) is 55.5 Å². The number of carboxylic acid groups (broad SMARTS) is 1. The Morgan fingerprint density at radius 1 is 1.09 bits per heavy atom. The number of piperazine rings is 1. The summed E-state index contributed by atoms with van der Waals surface area (Å²) in [5, 5.41) is 10.4. The van der Waals surface area contributed by atoms with Gasteiger partial charge in [-0.1, -0.05) is 30.5 Å². The monoisotopic (exact) mass is 507 g/mol. The topological polar surface area (TPSA) is 107 Å². The third kappa shape index (κ3) is 7.16. The van der Waals surface area contributed by atoms with Crippen LogP contribution in [0.3, 0.4) is 0 Å². The minimum absolute atomic E-state index is 0.0558. The molecule has 0 aromatic heterocycles. The molecule has 2 N–H and O–H groups in total. The predicted molar refractivity (Wildman–Crippen MR) is 120 cm³/mol. The third-order valence-electron chi connectivity index (χ3n) is 5.91. The fraction of sp³-hybridized carbons (Fsp3) is 0.636. The highest BCUT2D eigenvalue weighted by atomic mass is 32.2. The van der Waals surface area contributed by atoms with E-state index < -0.39 is 22.2 Å². The molecule has 1 aliphatic carbocycles. The smallest absolute Gasteiger partial charge is 0.475 e. The highest BCUT2D eigenvalue weighted by Gasteiger charge is 2.38. The zero-order valence-corrected chi connectivity index (χ0v) is 20.4. The molecule has 1 amide bonds. The molecule has 1 aromatic rings. The maximum Gasteiger partial charge on any atom is 0.490 e. The van der Waals surface area contributed by atoms with Crippen molar-refractivity contribution in [3.63, 3.8) is 0 Å². The van der Waals surface area contributed by atoms with E-state index in [1.54, 1.807) is 4.90 Å². The van der Waals surface area contributed by atoms with E-state index in [1.807, 2.05) is 32.9 Å². The Hall–Kier alpha value is -2.18. The normalized spacial score (nSPS) is 17.4. The lowest BCUT2D eigenvalue weighted by molar-refractivity contribution is -0.192. The van der Waals surface area contributed by atoms with Crippen LogP contribution in [0.4, 0.5) is 13.2 Å². The number of rotatable bonds is 5. The second-order valence-electron chi connectivity index (χ2n) is 8.65. The molecular formula is C22H32F3N3O5S. The van der Waals surface area contributed by atoms with Crippen LogP contribution in [0.5, 0.6) is 0 Å². The van der Waals surface area contributed by atoms with E-state index >= 15 is 0 Å². The van der Waals surface area contributed by atoms with E-state index in [1.165, 1.54) is 4.31 Å². The number of nitrogens with one attached hydrogen (secondary N) is 1.